The minimum Gasteiger partial charge on any atom is -0.0843 e. The highest BCUT2D eigenvalue weighted by atomic mass is 79.9. The third-order valence-corrected chi connectivity index (χ3v) is 2.95. The lowest BCUT2D eigenvalue weighted by atomic mass is 10.1. The van der Waals surface area contributed by atoms with Crippen LogP contribution in [0.3, 0.4) is 0 Å². The van der Waals surface area contributed by atoms with Crippen LogP contribution >= 0.6 is 39.1 Å². The molecule has 15 heavy (non-hydrogen) atoms. The Morgan fingerprint density at radius 2 is 1.47 bits per heavy atom. The number of hydrogen-bond acceptors (Lipinski definition) is 0. The molecule has 0 aliphatic rings. The predicted octanol–water partition coefficient (Wildman–Crippen LogP) is 5.42. The van der Waals surface area contributed by atoms with Crippen molar-refractivity contribution in [2.24, 2.45) is 0 Å². The van der Waals surface area contributed by atoms with Crippen molar-refractivity contribution in [1.82, 2.24) is 0 Å². The molecule has 0 aliphatic heterocycles. The molecule has 3 heteroatoms. The van der Waals surface area contributed by atoms with E-state index in [1.165, 1.54) is 0 Å². The highest BCUT2D eigenvalue weighted by Gasteiger charge is 2.01. The Morgan fingerprint density at radius 1 is 0.800 bits per heavy atom. The van der Waals surface area contributed by atoms with Gasteiger partial charge in [0.25, 0.3) is 0 Å². The Bertz CT molecular complexity index is 474. The van der Waals surface area contributed by atoms with Gasteiger partial charge in [-0.3, -0.25) is 0 Å². The van der Waals surface area contributed by atoms with Crippen LogP contribution in [0.15, 0.2) is 46.9 Å². The summed E-state index contributed by atoms with van der Waals surface area (Å²) in [6.45, 7) is 0. The summed E-state index contributed by atoms with van der Waals surface area (Å²) in [6, 6.07) is 13.5. The lowest BCUT2D eigenvalue weighted by Gasteiger charge is -2.03. The molecule has 0 radical (unpaired) electrons. The van der Waals surface area contributed by atoms with E-state index in [0.717, 1.165) is 15.6 Å². The Hall–Kier alpha value is -0.500. The first-order chi connectivity index (χ1) is 7.15. The third-order valence-electron chi connectivity index (χ3n) is 2.02. The molecule has 0 nitrogen and oxygen atoms in total. The second kappa shape index (κ2) is 4.56. The van der Waals surface area contributed by atoms with Crippen molar-refractivity contribution in [3.8, 4) is 11.1 Å². The quantitative estimate of drug-likeness (QED) is 0.659. The molecule has 2 aromatic carbocycles. The molecule has 0 unspecified atom stereocenters. The van der Waals surface area contributed by atoms with Crippen molar-refractivity contribution < 1.29 is 0 Å². The normalized spacial score (nSPS) is 10.3. The van der Waals surface area contributed by atoms with E-state index in [1.54, 1.807) is 6.07 Å². The zero-order valence-corrected chi connectivity index (χ0v) is 10.8. The van der Waals surface area contributed by atoms with Gasteiger partial charge < -0.3 is 0 Å². The van der Waals surface area contributed by atoms with E-state index >= 15 is 0 Å². The first-order valence-corrected chi connectivity index (χ1v) is 5.92. The molecular weight excluding hydrogens is 295 g/mol. The summed E-state index contributed by atoms with van der Waals surface area (Å²) >= 11 is 15.3. The highest BCUT2D eigenvalue weighted by molar-refractivity contribution is 9.10. The molecule has 0 aliphatic carbocycles. The molecule has 0 heterocycles. The number of hydrogen-bond donors (Lipinski definition) is 0. The maximum absolute atomic E-state index is 5.94. The van der Waals surface area contributed by atoms with Crippen LogP contribution in [-0.2, 0) is 0 Å². The highest BCUT2D eigenvalue weighted by Crippen LogP contribution is 2.28. The SMILES string of the molecule is Clc1cc(Cl)cc(-c2cccc(Br)c2)c1. The van der Waals surface area contributed by atoms with Crippen LogP contribution in [0.2, 0.25) is 10.0 Å². The number of benzene rings is 2. The first kappa shape index (κ1) is 11.0. The molecule has 0 fully saturated rings. The molecule has 0 saturated carbocycles. The van der Waals surface area contributed by atoms with Gasteiger partial charge in [-0.15, -0.1) is 0 Å². The fraction of sp³-hybridized carbons (Fsp3) is 0. The maximum atomic E-state index is 5.94. The third kappa shape index (κ3) is 2.75. The standard InChI is InChI=1S/C12H7BrCl2/c13-10-3-1-2-8(4-10)9-5-11(14)7-12(15)6-9/h1-7H. The Balaban J connectivity index is 2.54. The average Bonchev–Trinajstić information content (AvgIpc) is 2.16. The fourth-order valence-corrected chi connectivity index (χ4v) is 2.31. The Morgan fingerprint density at radius 3 is 2.07 bits per heavy atom. The van der Waals surface area contributed by atoms with E-state index < -0.39 is 0 Å². The Labute approximate surface area is 107 Å². The van der Waals surface area contributed by atoms with Gasteiger partial charge in [0.1, 0.15) is 0 Å². The second-order valence-corrected chi connectivity index (χ2v) is 4.96. The maximum Gasteiger partial charge on any atom is 0.0426 e. The molecule has 0 saturated heterocycles. The van der Waals surface area contributed by atoms with Crippen LogP contribution in [-0.4, -0.2) is 0 Å². The predicted molar refractivity (Wildman–Crippen MR) is 69.6 cm³/mol. The van der Waals surface area contributed by atoms with E-state index in [1.807, 2.05) is 36.4 Å². The van der Waals surface area contributed by atoms with Gasteiger partial charge in [-0.2, -0.15) is 0 Å². The summed E-state index contributed by atoms with van der Waals surface area (Å²) in [5, 5.41) is 1.30. The zero-order valence-electron chi connectivity index (χ0n) is 7.68. The Kier molecular flexibility index (Phi) is 3.35. The van der Waals surface area contributed by atoms with Crippen LogP contribution in [0, 0.1) is 0 Å². The first-order valence-electron chi connectivity index (χ1n) is 4.37. The molecule has 0 bridgehead atoms. The van der Waals surface area contributed by atoms with Gasteiger partial charge in [0.15, 0.2) is 0 Å². The average molecular weight is 302 g/mol. The van der Waals surface area contributed by atoms with E-state index in [9.17, 15) is 0 Å². The van der Waals surface area contributed by atoms with E-state index in [2.05, 4.69) is 15.9 Å². The molecule has 0 spiro atoms. The van der Waals surface area contributed by atoms with Crippen molar-refractivity contribution in [3.05, 3.63) is 57.0 Å². The molecular formula is C12H7BrCl2. The summed E-state index contributed by atoms with van der Waals surface area (Å²) in [5.74, 6) is 0. The fourth-order valence-electron chi connectivity index (χ4n) is 1.39. The summed E-state index contributed by atoms with van der Waals surface area (Å²) in [7, 11) is 0. The largest absolute Gasteiger partial charge is 0.0843 e. The molecule has 2 rings (SSSR count). The van der Waals surface area contributed by atoms with Gasteiger partial charge in [-0.05, 0) is 41.5 Å². The molecule has 0 atom stereocenters. The van der Waals surface area contributed by atoms with Gasteiger partial charge in [-0.25, -0.2) is 0 Å². The molecule has 76 valence electrons. The van der Waals surface area contributed by atoms with E-state index in [4.69, 9.17) is 23.2 Å². The van der Waals surface area contributed by atoms with Crippen molar-refractivity contribution >= 4 is 39.1 Å². The molecule has 0 amide bonds. The molecule has 0 aromatic heterocycles. The number of halogens is 3. The van der Waals surface area contributed by atoms with E-state index in [-0.39, 0.29) is 0 Å². The summed E-state index contributed by atoms with van der Waals surface area (Å²) in [6.07, 6.45) is 0. The number of rotatable bonds is 1. The van der Waals surface area contributed by atoms with Crippen LogP contribution in [0.5, 0.6) is 0 Å². The van der Waals surface area contributed by atoms with Crippen LogP contribution in [0.1, 0.15) is 0 Å². The minimum absolute atomic E-state index is 0.650. The molecule has 2 aromatic rings. The van der Waals surface area contributed by atoms with Crippen LogP contribution < -0.4 is 0 Å². The lowest BCUT2D eigenvalue weighted by molar-refractivity contribution is 1.59. The second-order valence-electron chi connectivity index (χ2n) is 3.17. The van der Waals surface area contributed by atoms with Gasteiger partial charge in [0.05, 0.1) is 0 Å². The summed E-state index contributed by atoms with van der Waals surface area (Å²) in [5.41, 5.74) is 2.11. The summed E-state index contributed by atoms with van der Waals surface area (Å²) in [4.78, 5) is 0. The van der Waals surface area contributed by atoms with Gasteiger partial charge in [-0.1, -0.05) is 51.3 Å². The van der Waals surface area contributed by atoms with Crippen LogP contribution in [0.25, 0.3) is 11.1 Å². The summed E-state index contributed by atoms with van der Waals surface area (Å²) < 4.78 is 1.04. The minimum atomic E-state index is 0.650. The van der Waals surface area contributed by atoms with Crippen molar-refractivity contribution in [2.45, 2.75) is 0 Å². The van der Waals surface area contributed by atoms with Crippen molar-refractivity contribution in [2.75, 3.05) is 0 Å². The van der Waals surface area contributed by atoms with Gasteiger partial charge >= 0.3 is 0 Å². The lowest BCUT2D eigenvalue weighted by Crippen LogP contribution is -1.78. The van der Waals surface area contributed by atoms with Crippen molar-refractivity contribution in [1.29, 1.82) is 0 Å². The monoisotopic (exact) mass is 300 g/mol. The van der Waals surface area contributed by atoms with E-state index in [0.29, 0.717) is 10.0 Å². The smallest absolute Gasteiger partial charge is 0.0426 e. The zero-order chi connectivity index (χ0) is 10.8. The van der Waals surface area contributed by atoms with Gasteiger partial charge in [0.2, 0.25) is 0 Å². The topological polar surface area (TPSA) is 0 Å². The van der Waals surface area contributed by atoms with Gasteiger partial charge in [0, 0.05) is 14.5 Å². The van der Waals surface area contributed by atoms with Crippen LogP contribution in [0.4, 0.5) is 0 Å². The molecule has 0 N–H and O–H groups in total. The van der Waals surface area contributed by atoms with Crippen molar-refractivity contribution in [3.63, 3.8) is 0 Å².